The van der Waals surface area contributed by atoms with Crippen LogP contribution in [0.1, 0.15) is 34.5 Å². The normalized spacial score (nSPS) is 15.2. The van der Waals surface area contributed by atoms with E-state index in [0.29, 0.717) is 43.8 Å². The second kappa shape index (κ2) is 9.80. The van der Waals surface area contributed by atoms with E-state index in [2.05, 4.69) is 10.1 Å². The lowest BCUT2D eigenvalue weighted by atomic mass is 9.95. The molecule has 1 fully saturated rings. The number of amides is 2. The lowest BCUT2D eigenvalue weighted by Crippen LogP contribution is -2.42. The van der Waals surface area contributed by atoms with Crippen LogP contribution in [-0.4, -0.2) is 42.6 Å². The fourth-order valence-electron chi connectivity index (χ4n) is 3.27. The fourth-order valence-corrected chi connectivity index (χ4v) is 3.27. The van der Waals surface area contributed by atoms with Crippen LogP contribution in [0.25, 0.3) is 0 Å². The molecule has 0 atom stereocenters. The summed E-state index contributed by atoms with van der Waals surface area (Å²) in [6.07, 6.45) is -1.73. The zero-order chi connectivity index (χ0) is 21.6. The first-order valence-corrected chi connectivity index (χ1v) is 9.64. The van der Waals surface area contributed by atoms with Gasteiger partial charge in [-0.2, -0.15) is 13.2 Å². The molecule has 2 aromatic rings. The fraction of sp³-hybridized carbons (Fsp3) is 0.429. The highest BCUT2D eigenvalue weighted by Gasteiger charge is 2.29. The molecule has 1 aliphatic rings. The Bertz CT molecular complexity index is 827. The summed E-state index contributed by atoms with van der Waals surface area (Å²) in [7, 11) is 0. The van der Waals surface area contributed by atoms with Gasteiger partial charge in [-0.1, -0.05) is 24.3 Å². The molecule has 0 saturated carbocycles. The van der Waals surface area contributed by atoms with Crippen molar-refractivity contribution in [3.05, 3.63) is 59.5 Å². The molecule has 1 aliphatic heterocycles. The van der Waals surface area contributed by atoms with Gasteiger partial charge >= 0.3 is 6.18 Å². The van der Waals surface area contributed by atoms with Crippen molar-refractivity contribution in [2.45, 2.75) is 32.2 Å². The Morgan fingerprint density at radius 3 is 2.37 bits per heavy atom. The number of hydrogen-bond acceptors (Lipinski definition) is 4. The molecule has 0 unspecified atom stereocenters. The third kappa shape index (κ3) is 6.35. The number of likely N-dealkylation sites (tertiary alicyclic amines) is 1. The number of carbonyl (C=O) groups is 2. The summed E-state index contributed by atoms with van der Waals surface area (Å²) in [5, 5.41) is 2.88. The minimum atomic E-state index is -4.34. The quantitative estimate of drug-likeness (QED) is 0.738. The smallest absolute Gasteiger partial charge is 0.411 e. The Balaban J connectivity index is 1.39. The highest BCUT2D eigenvalue weighted by Crippen LogP contribution is 2.20. The average Bonchev–Trinajstić information content (AvgIpc) is 3.26. The van der Waals surface area contributed by atoms with Gasteiger partial charge < -0.3 is 19.4 Å². The minimum Gasteiger partial charge on any atom is -0.459 e. The number of piperidine rings is 1. The molecule has 1 saturated heterocycles. The maximum atomic E-state index is 12.4. The summed E-state index contributed by atoms with van der Waals surface area (Å²) in [5.74, 6) is -0.110. The second-order valence-electron chi connectivity index (χ2n) is 7.19. The van der Waals surface area contributed by atoms with Crippen LogP contribution in [0.4, 0.5) is 13.2 Å². The molecule has 2 amide bonds. The van der Waals surface area contributed by atoms with E-state index in [-0.39, 0.29) is 24.3 Å². The van der Waals surface area contributed by atoms with Crippen LogP contribution >= 0.6 is 0 Å². The van der Waals surface area contributed by atoms with Crippen LogP contribution in [0.2, 0.25) is 0 Å². The number of benzene rings is 1. The van der Waals surface area contributed by atoms with Crippen molar-refractivity contribution >= 4 is 11.8 Å². The van der Waals surface area contributed by atoms with E-state index < -0.39 is 12.8 Å². The topological polar surface area (TPSA) is 71.8 Å². The van der Waals surface area contributed by atoms with Gasteiger partial charge in [0.05, 0.1) is 12.9 Å². The predicted octanol–water partition coefficient (Wildman–Crippen LogP) is 3.53. The molecule has 162 valence electrons. The Morgan fingerprint density at radius 1 is 1.10 bits per heavy atom. The van der Waals surface area contributed by atoms with Crippen molar-refractivity contribution in [3.8, 4) is 0 Å². The summed E-state index contributed by atoms with van der Waals surface area (Å²) in [5.41, 5.74) is 1.47. The number of alkyl halides is 3. The molecule has 1 aromatic carbocycles. The number of ether oxygens (including phenoxy) is 1. The number of hydrogen-bond donors (Lipinski definition) is 1. The highest BCUT2D eigenvalue weighted by atomic mass is 19.4. The van der Waals surface area contributed by atoms with Crippen molar-refractivity contribution in [2.24, 2.45) is 5.92 Å². The monoisotopic (exact) mass is 424 g/mol. The van der Waals surface area contributed by atoms with Crippen LogP contribution in [0, 0.1) is 5.92 Å². The van der Waals surface area contributed by atoms with Gasteiger partial charge in [-0.3, -0.25) is 9.59 Å². The molecule has 0 spiro atoms. The van der Waals surface area contributed by atoms with Crippen LogP contribution in [0.5, 0.6) is 0 Å². The number of furan rings is 1. The summed E-state index contributed by atoms with van der Waals surface area (Å²) < 4.78 is 46.0. The molecule has 0 bridgehead atoms. The van der Waals surface area contributed by atoms with Gasteiger partial charge in [0, 0.05) is 25.6 Å². The van der Waals surface area contributed by atoms with Crippen LogP contribution < -0.4 is 5.32 Å². The Hall–Kier alpha value is -2.81. The standard InChI is InChI=1S/C21H23F3N2O4/c22-21(23,24)14-29-13-16-5-3-15(4-6-16)12-25-19(27)17-7-9-26(10-8-17)20(28)18-2-1-11-30-18/h1-6,11,17H,7-10,12-14H2,(H,25,27). The van der Waals surface area contributed by atoms with E-state index in [1.54, 1.807) is 41.3 Å². The number of nitrogens with one attached hydrogen (secondary N) is 1. The molecule has 6 nitrogen and oxygen atoms in total. The molecule has 3 rings (SSSR count). The van der Waals surface area contributed by atoms with Crippen LogP contribution in [0.15, 0.2) is 47.1 Å². The van der Waals surface area contributed by atoms with Crippen molar-refractivity contribution in [2.75, 3.05) is 19.7 Å². The molecule has 2 heterocycles. The highest BCUT2D eigenvalue weighted by molar-refractivity contribution is 5.91. The van der Waals surface area contributed by atoms with Crippen molar-refractivity contribution in [1.29, 1.82) is 0 Å². The van der Waals surface area contributed by atoms with E-state index in [9.17, 15) is 22.8 Å². The van der Waals surface area contributed by atoms with Gasteiger partial charge in [-0.25, -0.2) is 0 Å². The van der Waals surface area contributed by atoms with Gasteiger partial charge in [0.2, 0.25) is 5.91 Å². The van der Waals surface area contributed by atoms with Gasteiger partial charge in [0.25, 0.3) is 5.91 Å². The van der Waals surface area contributed by atoms with Gasteiger partial charge in [-0.05, 0) is 36.1 Å². The maximum Gasteiger partial charge on any atom is 0.411 e. The number of rotatable bonds is 7. The molecule has 1 N–H and O–H groups in total. The van der Waals surface area contributed by atoms with Crippen LogP contribution in [-0.2, 0) is 22.7 Å². The zero-order valence-electron chi connectivity index (χ0n) is 16.3. The second-order valence-corrected chi connectivity index (χ2v) is 7.19. The largest absolute Gasteiger partial charge is 0.459 e. The summed E-state index contributed by atoms with van der Waals surface area (Å²) in [6, 6.07) is 10.1. The molecular weight excluding hydrogens is 401 g/mol. The predicted molar refractivity (Wildman–Crippen MR) is 101 cm³/mol. The van der Waals surface area contributed by atoms with Gasteiger partial charge in [-0.15, -0.1) is 0 Å². The summed E-state index contributed by atoms with van der Waals surface area (Å²) in [4.78, 5) is 26.4. The first-order chi connectivity index (χ1) is 14.3. The van der Waals surface area contributed by atoms with E-state index >= 15 is 0 Å². The zero-order valence-corrected chi connectivity index (χ0v) is 16.3. The number of nitrogens with zero attached hydrogens (tertiary/aromatic N) is 1. The van der Waals surface area contributed by atoms with Crippen molar-refractivity contribution in [1.82, 2.24) is 10.2 Å². The lowest BCUT2D eigenvalue weighted by Gasteiger charge is -2.30. The molecule has 0 aliphatic carbocycles. The van der Waals surface area contributed by atoms with E-state index in [1.807, 2.05) is 0 Å². The average molecular weight is 424 g/mol. The lowest BCUT2D eigenvalue weighted by molar-refractivity contribution is -0.176. The third-order valence-corrected chi connectivity index (χ3v) is 4.91. The molecule has 1 aromatic heterocycles. The van der Waals surface area contributed by atoms with Crippen LogP contribution in [0.3, 0.4) is 0 Å². The Labute approximate surface area is 172 Å². The molecular formula is C21H23F3N2O4. The molecule has 30 heavy (non-hydrogen) atoms. The number of carbonyl (C=O) groups excluding carboxylic acids is 2. The molecule has 0 radical (unpaired) electrons. The Morgan fingerprint density at radius 2 is 1.77 bits per heavy atom. The first kappa shape index (κ1) is 21.9. The SMILES string of the molecule is O=C(NCc1ccc(COCC(F)(F)F)cc1)C1CCN(C(=O)c2ccco2)CC1. The Kier molecular flexibility index (Phi) is 7.15. The van der Waals surface area contributed by atoms with E-state index in [1.165, 1.54) is 6.26 Å². The number of halogens is 3. The first-order valence-electron chi connectivity index (χ1n) is 9.64. The van der Waals surface area contributed by atoms with E-state index in [4.69, 9.17) is 4.42 Å². The maximum absolute atomic E-state index is 12.4. The molecule has 9 heteroatoms. The van der Waals surface area contributed by atoms with Crippen molar-refractivity contribution in [3.63, 3.8) is 0 Å². The van der Waals surface area contributed by atoms with E-state index in [0.717, 1.165) is 5.56 Å². The van der Waals surface area contributed by atoms with Crippen molar-refractivity contribution < 1.29 is 31.9 Å². The third-order valence-electron chi connectivity index (χ3n) is 4.91. The van der Waals surface area contributed by atoms with Gasteiger partial charge in [0.1, 0.15) is 6.61 Å². The summed E-state index contributed by atoms with van der Waals surface area (Å²) >= 11 is 0. The summed E-state index contributed by atoms with van der Waals surface area (Å²) in [6.45, 7) is -0.0965. The minimum absolute atomic E-state index is 0.0716. The van der Waals surface area contributed by atoms with Gasteiger partial charge in [0.15, 0.2) is 5.76 Å².